The van der Waals surface area contributed by atoms with Gasteiger partial charge in [-0.1, -0.05) is 18.2 Å². The van der Waals surface area contributed by atoms with Crippen molar-refractivity contribution in [2.24, 2.45) is 0 Å². The highest BCUT2D eigenvalue weighted by atomic mass is 32.1. The van der Waals surface area contributed by atoms with E-state index in [1.807, 2.05) is 50.4 Å². The fourth-order valence-corrected chi connectivity index (χ4v) is 3.26. The molecule has 0 aliphatic carbocycles. The van der Waals surface area contributed by atoms with Crippen LogP contribution in [0.3, 0.4) is 0 Å². The van der Waals surface area contributed by atoms with E-state index in [1.54, 1.807) is 23.3 Å². The van der Waals surface area contributed by atoms with Gasteiger partial charge in [-0.3, -0.25) is 14.5 Å². The molecular weight excluding hydrogens is 346 g/mol. The van der Waals surface area contributed by atoms with Crippen LogP contribution in [0.25, 0.3) is 0 Å². The molecule has 0 saturated heterocycles. The van der Waals surface area contributed by atoms with Crippen LogP contribution >= 0.6 is 11.3 Å². The predicted molar refractivity (Wildman–Crippen MR) is 108 cm³/mol. The minimum atomic E-state index is -0.373. The van der Waals surface area contributed by atoms with Crippen molar-refractivity contribution >= 4 is 28.8 Å². The summed E-state index contributed by atoms with van der Waals surface area (Å²) in [6, 6.07) is 9.52. The Balaban J connectivity index is 1.79. The van der Waals surface area contributed by atoms with Crippen molar-refractivity contribution in [1.82, 2.24) is 10.2 Å². The van der Waals surface area contributed by atoms with Gasteiger partial charge in [-0.15, -0.1) is 11.3 Å². The van der Waals surface area contributed by atoms with Crippen LogP contribution in [0.4, 0.5) is 5.69 Å². The van der Waals surface area contributed by atoms with Gasteiger partial charge in [0.15, 0.2) is 0 Å². The molecule has 1 aromatic heterocycles. The summed E-state index contributed by atoms with van der Waals surface area (Å²) < 4.78 is 0. The van der Waals surface area contributed by atoms with E-state index in [4.69, 9.17) is 0 Å². The number of nitrogens with zero attached hydrogens (tertiary/aromatic N) is 1. The zero-order valence-corrected chi connectivity index (χ0v) is 16.7. The highest BCUT2D eigenvalue weighted by Gasteiger charge is 2.20. The number of benzene rings is 1. The van der Waals surface area contributed by atoms with E-state index < -0.39 is 0 Å². The lowest BCUT2D eigenvalue weighted by Gasteiger charge is -2.23. The van der Waals surface area contributed by atoms with Gasteiger partial charge in [-0.05, 0) is 62.9 Å². The van der Waals surface area contributed by atoms with Crippen LogP contribution in [0.5, 0.6) is 0 Å². The number of carbonyl (C=O) groups excluding carboxylic acids is 2. The second-order valence-electron chi connectivity index (χ2n) is 6.51. The Hall–Kier alpha value is -2.18. The number of rotatable bonds is 8. The van der Waals surface area contributed by atoms with Crippen molar-refractivity contribution in [1.29, 1.82) is 0 Å². The monoisotopic (exact) mass is 373 g/mol. The number of thiophene rings is 1. The van der Waals surface area contributed by atoms with Crippen LogP contribution in [0.15, 0.2) is 35.7 Å². The largest absolute Gasteiger partial charge is 0.354 e. The van der Waals surface area contributed by atoms with Crippen molar-refractivity contribution in [3.05, 3.63) is 51.7 Å². The number of hydrogen-bond acceptors (Lipinski definition) is 4. The normalized spacial score (nSPS) is 12.0. The molecule has 2 N–H and O–H groups in total. The van der Waals surface area contributed by atoms with Crippen molar-refractivity contribution in [3.63, 3.8) is 0 Å². The molecule has 26 heavy (non-hydrogen) atoms. The van der Waals surface area contributed by atoms with E-state index >= 15 is 0 Å². The molecule has 5 nitrogen and oxygen atoms in total. The summed E-state index contributed by atoms with van der Waals surface area (Å²) in [5, 5.41) is 7.89. The van der Waals surface area contributed by atoms with Crippen molar-refractivity contribution in [3.8, 4) is 0 Å². The summed E-state index contributed by atoms with van der Waals surface area (Å²) in [5.41, 5.74) is 3.01. The summed E-state index contributed by atoms with van der Waals surface area (Å²) in [6.45, 7) is 6.57. The number of likely N-dealkylation sites (N-methyl/N-ethyl adjacent to an activating group) is 1. The number of amides is 2. The second-order valence-corrected chi connectivity index (χ2v) is 7.54. The first-order valence-corrected chi connectivity index (χ1v) is 9.63. The molecule has 0 unspecified atom stereocenters. The maximum absolute atomic E-state index is 12.3. The molecule has 0 spiro atoms. The molecule has 2 rings (SSSR count). The van der Waals surface area contributed by atoms with Gasteiger partial charge in [0.25, 0.3) is 0 Å². The fourth-order valence-electron chi connectivity index (χ4n) is 2.55. The standard InChI is InChI=1S/C20H27N3O2S/c1-14-7-5-9-18(15(14)2)22-19(24)13-23(4)16(3)20(25)21-11-10-17-8-6-12-26-17/h5-9,12,16H,10-11,13H2,1-4H3,(H,21,25)(H,22,24)/t16-/m1/s1. The van der Waals surface area contributed by atoms with Crippen LogP contribution in [-0.2, 0) is 16.0 Å². The average Bonchev–Trinajstić information content (AvgIpc) is 3.11. The molecule has 0 saturated carbocycles. The third-order valence-electron chi connectivity index (χ3n) is 4.56. The molecule has 1 atom stereocenters. The van der Waals surface area contributed by atoms with Crippen LogP contribution < -0.4 is 10.6 Å². The van der Waals surface area contributed by atoms with Gasteiger partial charge in [0, 0.05) is 17.1 Å². The Kier molecular flexibility index (Phi) is 7.36. The Morgan fingerprint density at radius 3 is 2.65 bits per heavy atom. The lowest BCUT2D eigenvalue weighted by atomic mass is 10.1. The maximum Gasteiger partial charge on any atom is 0.238 e. The maximum atomic E-state index is 12.3. The van der Waals surface area contributed by atoms with Gasteiger partial charge >= 0.3 is 0 Å². The van der Waals surface area contributed by atoms with Crippen molar-refractivity contribution in [2.75, 3.05) is 25.5 Å². The van der Waals surface area contributed by atoms with Crippen molar-refractivity contribution in [2.45, 2.75) is 33.2 Å². The Morgan fingerprint density at radius 1 is 1.19 bits per heavy atom. The van der Waals surface area contributed by atoms with E-state index in [0.717, 1.165) is 23.2 Å². The lowest BCUT2D eigenvalue weighted by Crippen LogP contribution is -2.46. The molecule has 0 bridgehead atoms. The van der Waals surface area contributed by atoms with E-state index in [-0.39, 0.29) is 24.4 Å². The van der Waals surface area contributed by atoms with Crippen LogP contribution in [0.2, 0.25) is 0 Å². The van der Waals surface area contributed by atoms with E-state index in [1.165, 1.54) is 4.88 Å². The molecule has 1 aromatic carbocycles. The summed E-state index contributed by atoms with van der Waals surface area (Å²) in [6.07, 6.45) is 0.826. The Bertz CT molecular complexity index is 744. The lowest BCUT2D eigenvalue weighted by molar-refractivity contribution is -0.126. The molecule has 0 aliphatic rings. The summed E-state index contributed by atoms with van der Waals surface area (Å²) in [4.78, 5) is 27.6. The van der Waals surface area contributed by atoms with E-state index in [9.17, 15) is 9.59 Å². The molecule has 0 aliphatic heterocycles. The smallest absolute Gasteiger partial charge is 0.238 e. The number of nitrogens with one attached hydrogen (secondary N) is 2. The first kappa shape index (κ1) is 20.1. The molecule has 2 amide bonds. The summed E-state index contributed by atoms with van der Waals surface area (Å²) in [7, 11) is 1.78. The molecular formula is C20H27N3O2S. The molecule has 0 radical (unpaired) electrons. The molecule has 140 valence electrons. The van der Waals surface area contributed by atoms with E-state index in [2.05, 4.69) is 16.7 Å². The first-order valence-electron chi connectivity index (χ1n) is 8.75. The van der Waals surface area contributed by atoms with Crippen LogP contribution in [0.1, 0.15) is 22.9 Å². The SMILES string of the molecule is Cc1cccc(NC(=O)CN(C)[C@H](C)C(=O)NCCc2cccs2)c1C. The van der Waals surface area contributed by atoms with Gasteiger partial charge in [0.1, 0.15) is 0 Å². The van der Waals surface area contributed by atoms with E-state index in [0.29, 0.717) is 6.54 Å². The minimum absolute atomic E-state index is 0.0661. The quantitative estimate of drug-likeness (QED) is 0.748. The average molecular weight is 374 g/mol. The third kappa shape index (κ3) is 5.68. The van der Waals surface area contributed by atoms with Crippen LogP contribution in [0, 0.1) is 13.8 Å². The van der Waals surface area contributed by atoms with Gasteiger partial charge < -0.3 is 10.6 Å². The van der Waals surface area contributed by atoms with Crippen LogP contribution in [-0.4, -0.2) is 42.9 Å². The Labute approximate surface area is 159 Å². The molecule has 0 fully saturated rings. The second kappa shape index (κ2) is 9.50. The highest BCUT2D eigenvalue weighted by Crippen LogP contribution is 2.17. The third-order valence-corrected chi connectivity index (χ3v) is 5.50. The molecule has 6 heteroatoms. The minimum Gasteiger partial charge on any atom is -0.354 e. The zero-order valence-electron chi connectivity index (χ0n) is 15.8. The Morgan fingerprint density at radius 2 is 1.96 bits per heavy atom. The number of carbonyl (C=O) groups is 2. The van der Waals surface area contributed by atoms with Gasteiger partial charge in [-0.2, -0.15) is 0 Å². The van der Waals surface area contributed by atoms with Gasteiger partial charge in [-0.25, -0.2) is 0 Å². The fraction of sp³-hybridized carbons (Fsp3) is 0.400. The number of hydrogen-bond donors (Lipinski definition) is 2. The predicted octanol–water partition coefficient (Wildman–Crippen LogP) is 2.98. The molecule has 2 aromatic rings. The molecule has 1 heterocycles. The number of anilines is 1. The zero-order chi connectivity index (χ0) is 19.1. The first-order chi connectivity index (χ1) is 12.4. The van der Waals surface area contributed by atoms with Crippen molar-refractivity contribution < 1.29 is 9.59 Å². The topological polar surface area (TPSA) is 61.4 Å². The summed E-state index contributed by atoms with van der Waals surface area (Å²) in [5.74, 6) is -0.192. The number of aryl methyl sites for hydroxylation is 1. The highest BCUT2D eigenvalue weighted by molar-refractivity contribution is 7.09. The van der Waals surface area contributed by atoms with Gasteiger partial charge in [0.05, 0.1) is 12.6 Å². The van der Waals surface area contributed by atoms with Gasteiger partial charge in [0.2, 0.25) is 11.8 Å². The summed E-state index contributed by atoms with van der Waals surface area (Å²) >= 11 is 1.69.